The molecule has 0 radical (unpaired) electrons. The van der Waals surface area contributed by atoms with Gasteiger partial charge >= 0.3 is 12.0 Å². The van der Waals surface area contributed by atoms with E-state index in [1.165, 1.54) is 18.3 Å². The molecule has 2 heterocycles. The molecule has 2 N–H and O–H groups in total. The molecule has 0 saturated heterocycles. The summed E-state index contributed by atoms with van der Waals surface area (Å²) in [6, 6.07) is 0.286. The van der Waals surface area contributed by atoms with Gasteiger partial charge in [0, 0.05) is 30.8 Å². The fourth-order valence-corrected chi connectivity index (χ4v) is 3.04. The summed E-state index contributed by atoms with van der Waals surface area (Å²) < 4.78 is 46.0. The van der Waals surface area contributed by atoms with Crippen molar-refractivity contribution in [3.8, 4) is 0 Å². The Balaban J connectivity index is 1.91. The van der Waals surface area contributed by atoms with E-state index in [4.69, 9.17) is 0 Å². The highest BCUT2D eigenvalue weighted by atomic mass is 19.2. The number of amides is 2. The van der Waals surface area contributed by atoms with Crippen LogP contribution in [0.2, 0.25) is 0 Å². The average molecular weight is 382 g/mol. The Kier molecular flexibility index (Phi) is 5.33. The van der Waals surface area contributed by atoms with Crippen molar-refractivity contribution in [2.24, 2.45) is 0 Å². The summed E-state index contributed by atoms with van der Waals surface area (Å²) in [5.41, 5.74) is 0.835. The zero-order chi connectivity index (χ0) is 19.6. The van der Waals surface area contributed by atoms with Crippen LogP contribution < -0.4 is 5.32 Å². The molecule has 3 rings (SSSR count). The Morgan fingerprint density at radius 1 is 1.33 bits per heavy atom. The highest BCUT2D eigenvalue weighted by Crippen LogP contribution is 2.35. The Labute approximate surface area is 152 Å². The number of benzene rings is 1. The van der Waals surface area contributed by atoms with E-state index >= 15 is 0 Å². The van der Waals surface area contributed by atoms with Crippen molar-refractivity contribution in [1.29, 1.82) is 0 Å². The number of aromatic nitrogens is 2. The summed E-state index contributed by atoms with van der Waals surface area (Å²) in [7, 11) is 1.23. The number of carbonyl (C=O) groups excluding carboxylic acids is 2. The number of hydrogen-bond acceptors (Lipinski definition) is 4. The lowest BCUT2D eigenvalue weighted by molar-refractivity contribution is -0.140. The fraction of sp³-hybridized carbons (Fsp3) is 0.353. The number of esters is 1. The van der Waals surface area contributed by atoms with Crippen LogP contribution in [0, 0.1) is 17.5 Å². The molecule has 1 aromatic carbocycles. The largest absolute Gasteiger partial charge is 0.469 e. The molecule has 144 valence electrons. The van der Waals surface area contributed by atoms with Crippen LogP contribution in [0.4, 0.5) is 18.0 Å². The number of ether oxygens (including phenoxy) is 1. The lowest BCUT2D eigenvalue weighted by Gasteiger charge is -2.35. The van der Waals surface area contributed by atoms with Crippen molar-refractivity contribution < 1.29 is 27.5 Å². The number of urea groups is 1. The number of rotatable bonds is 4. The second-order valence-electron chi connectivity index (χ2n) is 5.93. The van der Waals surface area contributed by atoms with E-state index < -0.39 is 35.5 Å². The van der Waals surface area contributed by atoms with Gasteiger partial charge in [0.15, 0.2) is 17.5 Å². The molecule has 7 nitrogen and oxygen atoms in total. The molecule has 0 saturated carbocycles. The lowest BCUT2D eigenvalue weighted by Crippen LogP contribution is -2.46. The van der Waals surface area contributed by atoms with E-state index in [0.29, 0.717) is 17.8 Å². The van der Waals surface area contributed by atoms with E-state index in [2.05, 4.69) is 20.0 Å². The SMILES string of the molecule is COC(=O)CCNC(=O)N1CCc2[nH]cnc2C1c1ccc(F)c(F)c1F. The third-order valence-electron chi connectivity index (χ3n) is 4.38. The van der Waals surface area contributed by atoms with Crippen LogP contribution in [-0.2, 0) is 16.0 Å². The van der Waals surface area contributed by atoms with Gasteiger partial charge < -0.3 is 19.9 Å². The molecule has 10 heteroatoms. The van der Waals surface area contributed by atoms with Gasteiger partial charge in [0.2, 0.25) is 0 Å². The highest BCUT2D eigenvalue weighted by molar-refractivity contribution is 5.77. The minimum atomic E-state index is -1.61. The van der Waals surface area contributed by atoms with Gasteiger partial charge in [0.1, 0.15) is 6.04 Å². The third-order valence-corrected chi connectivity index (χ3v) is 4.38. The molecule has 1 aliphatic heterocycles. The lowest BCUT2D eigenvalue weighted by atomic mass is 9.95. The van der Waals surface area contributed by atoms with Gasteiger partial charge in [0.05, 0.1) is 25.6 Å². The van der Waals surface area contributed by atoms with Crippen molar-refractivity contribution >= 4 is 12.0 Å². The Hall–Kier alpha value is -3.04. The number of aromatic amines is 1. The number of methoxy groups -OCH3 is 1. The third kappa shape index (κ3) is 3.60. The second-order valence-corrected chi connectivity index (χ2v) is 5.93. The summed E-state index contributed by atoms with van der Waals surface area (Å²) in [4.78, 5) is 32.1. The Bertz CT molecular complexity index is 871. The normalized spacial score (nSPS) is 16.0. The van der Waals surface area contributed by atoms with Crippen LogP contribution in [0.1, 0.15) is 29.4 Å². The molecule has 2 amide bonds. The molecule has 2 aromatic rings. The van der Waals surface area contributed by atoms with Gasteiger partial charge in [-0.2, -0.15) is 0 Å². The van der Waals surface area contributed by atoms with Crippen LogP contribution in [0.3, 0.4) is 0 Å². The molecule has 1 aliphatic rings. The molecular formula is C17H17F3N4O3. The smallest absolute Gasteiger partial charge is 0.318 e. The van der Waals surface area contributed by atoms with Gasteiger partial charge in [-0.05, 0) is 6.07 Å². The summed E-state index contributed by atoms with van der Waals surface area (Å²) in [5, 5.41) is 2.54. The number of fused-ring (bicyclic) bond motifs is 1. The van der Waals surface area contributed by atoms with E-state index in [1.807, 2.05) is 0 Å². The molecule has 1 atom stereocenters. The maximum atomic E-state index is 14.4. The molecule has 0 aliphatic carbocycles. The Morgan fingerprint density at radius 2 is 2.11 bits per heavy atom. The number of H-pyrrole nitrogens is 1. The maximum absolute atomic E-state index is 14.4. The topological polar surface area (TPSA) is 87.3 Å². The van der Waals surface area contributed by atoms with Gasteiger partial charge in [-0.15, -0.1) is 0 Å². The summed E-state index contributed by atoms with van der Waals surface area (Å²) in [6.45, 7) is 0.213. The van der Waals surface area contributed by atoms with Crippen molar-refractivity contribution in [3.63, 3.8) is 0 Å². The highest BCUT2D eigenvalue weighted by Gasteiger charge is 2.36. The number of hydrogen-bond donors (Lipinski definition) is 2. The zero-order valence-electron chi connectivity index (χ0n) is 14.4. The number of nitrogens with one attached hydrogen (secondary N) is 2. The molecule has 1 aromatic heterocycles. The average Bonchev–Trinajstić information content (AvgIpc) is 3.14. The maximum Gasteiger partial charge on any atom is 0.318 e. The predicted octanol–water partition coefficient (Wildman–Crippen LogP) is 2.05. The molecule has 0 spiro atoms. The molecule has 0 bridgehead atoms. The predicted molar refractivity (Wildman–Crippen MR) is 87.2 cm³/mol. The fourth-order valence-electron chi connectivity index (χ4n) is 3.04. The first kappa shape index (κ1) is 18.7. The summed E-state index contributed by atoms with van der Waals surface area (Å²) >= 11 is 0. The van der Waals surface area contributed by atoms with Crippen molar-refractivity contribution in [2.45, 2.75) is 18.9 Å². The first-order valence-electron chi connectivity index (χ1n) is 8.20. The first-order valence-corrected chi connectivity index (χ1v) is 8.20. The van der Waals surface area contributed by atoms with Gasteiger partial charge in [0.25, 0.3) is 0 Å². The quantitative estimate of drug-likeness (QED) is 0.626. The number of nitrogens with zero attached hydrogens (tertiary/aromatic N) is 2. The van der Waals surface area contributed by atoms with E-state index in [9.17, 15) is 22.8 Å². The zero-order valence-corrected chi connectivity index (χ0v) is 14.4. The molecule has 27 heavy (non-hydrogen) atoms. The van der Waals surface area contributed by atoms with Crippen LogP contribution in [0.15, 0.2) is 18.5 Å². The van der Waals surface area contributed by atoms with Gasteiger partial charge in [-0.25, -0.2) is 22.9 Å². The molecular weight excluding hydrogens is 365 g/mol. The van der Waals surface area contributed by atoms with E-state index in [0.717, 1.165) is 12.1 Å². The van der Waals surface area contributed by atoms with Crippen molar-refractivity contribution in [3.05, 3.63) is 52.9 Å². The second kappa shape index (κ2) is 7.68. The number of carbonyl (C=O) groups is 2. The van der Waals surface area contributed by atoms with Crippen molar-refractivity contribution in [2.75, 3.05) is 20.2 Å². The van der Waals surface area contributed by atoms with Crippen LogP contribution in [0.5, 0.6) is 0 Å². The van der Waals surface area contributed by atoms with Gasteiger partial charge in [-0.1, -0.05) is 6.07 Å². The van der Waals surface area contributed by atoms with Gasteiger partial charge in [-0.3, -0.25) is 4.79 Å². The minimum Gasteiger partial charge on any atom is -0.469 e. The number of halogens is 3. The van der Waals surface area contributed by atoms with E-state index in [-0.39, 0.29) is 25.1 Å². The molecule has 0 fully saturated rings. The first-order chi connectivity index (χ1) is 12.9. The van der Waals surface area contributed by atoms with Crippen LogP contribution in [-0.4, -0.2) is 47.1 Å². The minimum absolute atomic E-state index is 0.0163. The standard InChI is InChI=1S/C17H17F3N4O3/c1-27-12(25)4-6-21-17(26)24-7-5-11-15(23-8-22-11)16(24)9-2-3-10(18)14(20)13(9)19/h2-3,8,16H,4-7H2,1H3,(H,21,26)(H,22,23). The van der Waals surface area contributed by atoms with E-state index in [1.54, 1.807) is 0 Å². The van der Waals surface area contributed by atoms with Crippen LogP contribution in [0.25, 0.3) is 0 Å². The van der Waals surface area contributed by atoms with Crippen LogP contribution >= 0.6 is 0 Å². The molecule has 1 unspecified atom stereocenters. The number of imidazole rings is 1. The summed E-state index contributed by atoms with van der Waals surface area (Å²) in [6.07, 6.45) is 1.80. The van der Waals surface area contributed by atoms with Crippen molar-refractivity contribution in [1.82, 2.24) is 20.2 Å². The monoisotopic (exact) mass is 382 g/mol. The summed E-state index contributed by atoms with van der Waals surface area (Å²) in [5.74, 6) is -4.79. The Morgan fingerprint density at radius 3 is 2.85 bits per heavy atom.